The number of aromatic nitrogens is 1. The Morgan fingerprint density at radius 3 is 2.60 bits per heavy atom. The third kappa shape index (κ3) is 5.29. The van der Waals surface area contributed by atoms with Gasteiger partial charge in [-0.15, -0.1) is 24.0 Å². The van der Waals surface area contributed by atoms with E-state index >= 15 is 0 Å². The van der Waals surface area contributed by atoms with Crippen LogP contribution in [0.15, 0.2) is 29.4 Å². The number of halogens is 1. The van der Waals surface area contributed by atoms with Crippen molar-refractivity contribution in [3.05, 3.63) is 30.1 Å². The first-order valence-corrected chi connectivity index (χ1v) is 9.26. The first kappa shape index (κ1) is 22.2. The third-order valence-electron chi connectivity index (χ3n) is 5.25. The number of hydrogen-bond donors (Lipinski definition) is 2. The molecular formula is C19H33IN4O. The first-order chi connectivity index (χ1) is 11.7. The zero-order chi connectivity index (χ0) is 17.4. The lowest BCUT2D eigenvalue weighted by atomic mass is 9.58. The molecule has 2 unspecified atom stereocenters. The highest BCUT2D eigenvalue weighted by Crippen LogP contribution is 2.48. The molecule has 1 saturated carbocycles. The van der Waals surface area contributed by atoms with Gasteiger partial charge in [0.2, 0.25) is 0 Å². The highest BCUT2D eigenvalue weighted by atomic mass is 127. The summed E-state index contributed by atoms with van der Waals surface area (Å²) < 4.78 is 5.97. The number of aliphatic imine (C=N–C) groups is 1. The maximum atomic E-state index is 5.97. The maximum absolute atomic E-state index is 5.97. The number of nitrogens with zero attached hydrogens (tertiary/aromatic N) is 2. The highest BCUT2D eigenvalue weighted by Gasteiger charge is 2.53. The summed E-state index contributed by atoms with van der Waals surface area (Å²) in [5.41, 5.74) is 1.18. The summed E-state index contributed by atoms with van der Waals surface area (Å²) in [5.74, 6) is 0.870. The van der Waals surface area contributed by atoms with Crippen LogP contribution in [0.3, 0.4) is 0 Å². The highest BCUT2D eigenvalue weighted by molar-refractivity contribution is 14.0. The van der Waals surface area contributed by atoms with Crippen LogP contribution in [0.2, 0.25) is 0 Å². The van der Waals surface area contributed by atoms with Gasteiger partial charge < -0.3 is 15.4 Å². The average molecular weight is 460 g/mol. The zero-order valence-electron chi connectivity index (χ0n) is 15.9. The summed E-state index contributed by atoms with van der Waals surface area (Å²) in [6, 6.07) is 6.33. The third-order valence-corrected chi connectivity index (χ3v) is 5.25. The largest absolute Gasteiger partial charge is 0.378 e. The Hall–Kier alpha value is -0.890. The molecule has 2 N–H and O–H groups in total. The summed E-state index contributed by atoms with van der Waals surface area (Å²) in [5, 5.41) is 6.99. The van der Waals surface area contributed by atoms with Crippen molar-refractivity contribution in [1.82, 2.24) is 15.6 Å². The van der Waals surface area contributed by atoms with Crippen LogP contribution in [0, 0.1) is 5.41 Å². The quantitative estimate of drug-likeness (QED) is 0.353. The van der Waals surface area contributed by atoms with Crippen LogP contribution in [0.25, 0.3) is 0 Å². The average Bonchev–Trinajstić information content (AvgIpc) is 2.61. The minimum Gasteiger partial charge on any atom is -0.378 e. The molecule has 142 valence electrons. The molecule has 0 aromatic carbocycles. The predicted molar refractivity (Wildman–Crippen MR) is 114 cm³/mol. The van der Waals surface area contributed by atoms with Crippen molar-refractivity contribution in [3.8, 4) is 0 Å². The van der Waals surface area contributed by atoms with Gasteiger partial charge in [0, 0.05) is 30.8 Å². The van der Waals surface area contributed by atoms with Gasteiger partial charge in [-0.2, -0.15) is 0 Å². The molecule has 1 aromatic heterocycles. The summed E-state index contributed by atoms with van der Waals surface area (Å²) in [6.45, 7) is 10.9. The van der Waals surface area contributed by atoms with Crippen LogP contribution in [0.4, 0.5) is 0 Å². The van der Waals surface area contributed by atoms with Gasteiger partial charge in [-0.1, -0.05) is 19.9 Å². The van der Waals surface area contributed by atoms with Crippen molar-refractivity contribution in [3.63, 3.8) is 0 Å². The number of guanidine groups is 1. The van der Waals surface area contributed by atoms with Gasteiger partial charge in [0.05, 0.1) is 18.3 Å². The second-order valence-electron chi connectivity index (χ2n) is 6.33. The number of pyridine rings is 1. The van der Waals surface area contributed by atoms with Crippen molar-refractivity contribution in [1.29, 1.82) is 0 Å². The Morgan fingerprint density at radius 2 is 2.04 bits per heavy atom. The second-order valence-corrected chi connectivity index (χ2v) is 6.33. The van der Waals surface area contributed by atoms with Gasteiger partial charge in [0.1, 0.15) is 0 Å². The zero-order valence-corrected chi connectivity index (χ0v) is 18.2. The molecule has 0 amide bonds. The molecule has 0 spiro atoms. The molecule has 1 aromatic rings. The number of rotatable bonds is 8. The van der Waals surface area contributed by atoms with E-state index in [1.54, 1.807) is 0 Å². The fourth-order valence-corrected chi connectivity index (χ4v) is 3.72. The lowest BCUT2D eigenvalue weighted by Gasteiger charge is -2.55. The van der Waals surface area contributed by atoms with E-state index in [-0.39, 0.29) is 29.4 Å². The lowest BCUT2D eigenvalue weighted by molar-refractivity contribution is -0.133. The van der Waals surface area contributed by atoms with Crippen molar-refractivity contribution >= 4 is 29.9 Å². The smallest absolute Gasteiger partial charge is 0.191 e. The predicted octanol–water partition coefficient (Wildman–Crippen LogP) is 3.74. The minimum absolute atomic E-state index is 0. The van der Waals surface area contributed by atoms with Crippen LogP contribution < -0.4 is 10.6 Å². The van der Waals surface area contributed by atoms with Crippen LogP contribution in [-0.2, 0) is 11.3 Å². The Morgan fingerprint density at radius 1 is 1.28 bits per heavy atom. The van der Waals surface area contributed by atoms with E-state index in [0.717, 1.165) is 44.1 Å². The molecule has 6 heteroatoms. The van der Waals surface area contributed by atoms with E-state index in [2.05, 4.69) is 43.3 Å². The van der Waals surface area contributed by atoms with Gasteiger partial charge in [-0.3, -0.25) is 4.98 Å². The molecule has 2 atom stereocenters. The molecule has 0 radical (unpaired) electrons. The summed E-state index contributed by atoms with van der Waals surface area (Å²) in [4.78, 5) is 9.04. The first-order valence-electron chi connectivity index (χ1n) is 9.26. The molecule has 1 heterocycles. The standard InChI is InChI=1S/C19H32N4O.HI/c1-5-19(6-2)16(13-17(19)24-8-4)23-18(20-7-3)22-14-15-11-9-10-12-21-15;/h9-12,16-17H,5-8,13-14H2,1-4H3,(H2,20,22,23);1H. The molecule has 0 bridgehead atoms. The molecule has 1 aliphatic carbocycles. The lowest BCUT2D eigenvalue weighted by Crippen LogP contribution is -2.65. The Kier molecular flexibility index (Phi) is 9.71. The fourth-order valence-electron chi connectivity index (χ4n) is 3.72. The van der Waals surface area contributed by atoms with Crippen molar-refractivity contribution in [2.45, 2.75) is 65.6 Å². The van der Waals surface area contributed by atoms with E-state index in [1.807, 2.05) is 24.4 Å². The Labute approximate surface area is 169 Å². The van der Waals surface area contributed by atoms with Crippen LogP contribution in [0.1, 0.15) is 52.7 Å². The molecule has 25 heavy (non-hydrogen) atoms. The van der Waals surface area contributed by atoms with Gasteiger partial charge in [0.25, 0.3) is 0 Å². The molecule has 0 saturated heterocycles. The van der Waals surface area contributed by atoms with Crippen LogP contribution in [-0.4, -0.2) is 36.2 Å². The molecule has 2 rings (SSSR count). The summed E-state index contributed by atoms with van der Waals surface area (Å²) in [7, 11) is 0. The van der Waals surface area contributed by atoms with E-state index in [4.69, 9.17) is 9.73 Å². The van der Waals surface area contributed by atoms with Crippen molar-refractivity contribution in [2.24, 2.45) is 10.4 Å². The number of hydrogen-bond acceptors (Lipinski definition) is 3. The molecular weight excluding hydrogens is 427 g/mol. The van der Waals surface area contributed by atoms with Crippen molar-refractivity contribution in [2.75, 3.05) is 13.2 Å². The molecule has 1 aliphatic rings. The van der Waals surface area contributed by atoms with E-state index < -0.39 is 0 Å². The maximum Gasteiger partial charge on any atom is 0.191 e. The number of nitrogens with one attached hydrogen (secondary N) is 2. The minimum atomic E-state index is 0. The molecule has 0 aliphatic heterocycles. The van der Waals surface area contributed by atoms with Gasteiger partial charge in [-0.05, 0) is 45.2 Å². The van der Waals surface area contributed by atoms with Gasteiger partial charge in [0.15, 0.2) is 5.96 Å². The molecule has 5 nitrogen and oxygen atoms in total. The van der Waals surface area contributed by atoms with Crippen LogP contribution in [0.5, 0.6) is 0 Å². The van der Waals surface area contributed by atoms with Crippen LogP contribution >= 0.6 is 24.0 Å². The topological polar surface area (TPSA) is 58.5 Å². The molecule has 1 fully saturated rings. The SMILES string of the molecule is CCNC(=NCc1ccccn1)NC1CC(OCC)C1(CC)CC.I. The van der Waals surface area contributed by atoms with E-state index in [9.17, 15) is 0 Å². The summed E-state index contributed by atoms with van der Waals surface area (Å²) in [6.07, 6.45) is 5.44. The van der Waals surface area contributed by atoms with Gasteiger partial charge in [-0.25, -0.2) is 4.99 Å². The number of ether oxygens (including phenoxy) is 1. The normalized spacial score (nSPS) is 21.8. The Bertz CT molecular complexity index is 519. The van der Waals surface area contributed by atoms with Crippen molar-refractivity contribution < 1.29 is 4.74 Å². The summed E-state index contributed by atoms with van der Waals surface area (Å²) >= 11 is 0. The van der Waals surface area contributed by atoms with Gasteiger partial charge >= 0.3 is 0 Å². The van der Waals surface area contributed by atoms with E-state index in [1.165, 1.54) is 0 Å². The monoisotopic (exact) mass is 460 g/mol. The fraction of sp³-hybridized carbons (Fsp3) is 0.684. The van der Waals surface area contributed by atoms with E-state index in [0.29, 0.717) is 18.7 Å². The Balaban J connectivity index is 0.00000312. The second kappa shape index (κ2) is 11.0.